The van der Waals surface area contributed by atoms with Crippen molar-refractivity contribution in [1.29, 1.82) is 0 Å². The van der Waals surface area contributed by atoms with Gasteiger partial charge in [0.1, 0.15) is 12.9 Å². The molecule has 8 heteroatoms. The minimum Gasteiger partial charge on any atom is -0.473 e. The Balaban J connectivity index is 1.87. The highest BCUT2D eigenvalue weighted by atomic mass is 35.5. The number of nitrogens with zero attached hydrogens (tertiary/aromatic N) is 4. The van der Waals surface area contributed by atoms with Gasteiger partial charge in [0, 0.05) is 10.6 Å². The van der Waals surface area contributed by atoms with E-state index in [1.165, 1.54) is 0 Å². The van der Waals surface area contributed by atoms with Crippen molar-refractivity contribution in [3.8, 4) is 28.1 Å². The molecule has 0 bridgehead atoms. The Morgan fingerprint density at radius 3 is 2.31 bits per heavy atom. The summed E-state index contributed by atoms with van der Waals surface area (Å²) >= 11 is 6.14. The average Bonchev–Trinajstić information content (AvgIpc) is 3.20. The maximum atomic E-state index is 9.95. The van der Waals surface area contributed by atoms with Crippen molar-refractivity contribution < 1.29 is 14.6 Å². The van der Waals surface area contributed by atoms with Crippen LogP contribution >= 0.6 is 11.6 Å². The maximum absolute atomic E-state index is 9.95. The van der Waals surface area contributed by atoms with E-state index in [-0.39, 0.29) is 12.7 Å². The molecule has 1 unspecified atom stereocenters. The standard InChI is InChI=1S/C24H25ClN4O3/c1-15-5-7-17(8-6-15)20-21(18-9-11-19(25)12-10-18)23(28-29-14-26-27-22(20)29)31-13-16(2)32-24(3,4)30/h5-12,14,16,30H,13H2,1-4H3. The summed E-state index contributed by atoms with van der Waals surface area (Å²) in [5, 5.41) is 23.6. The second-order valence-electron chi connectivity index (χ2n) is 8.21. The van der Waals surface area contributed by atoms with E-state index < -0.39 is 5.79 Å². The number of hydrogen-bond acceptors (Lipinski definition) is 6. The van der Waals surface area contributed by atoms with Crippen LogP contribution in [0.25, 0.3) is 27.9 Å². The molecule has 0 spiro atoms. The van der Waals surface area contributed by atoms with Crippen LogP contribution in [0.15, 0.2) is 54.9 Å². The summed E-state index contributed by atoms with van der Waals surface area (Å²) in [5.74, 6) is -0.859. The lowest BCUT2D eigenvalue weighted by Crippen LogP contribution is -2.32. The number of rotatable bonds is 7. The van der Waals surface area contributed by atoms with Gasteiger partial charge in [-0.25, -0.2) is 0 Å². The third kappa shape index (κ3) is 4.91. The second-order valence-corrected chi connectivity index (χ2v) is 8.65. The topological polar surface area (TPSA) is 81.8 Å². The molecule has 32 heavy (non-hydrogen) atoms. The van der Waals surface area contributed by atoms with Crippen LogP contribution in [-0.2, 0) is 4.74 Å². The SMILES string of the molecule is Cc1ccc(-c2c(-c3ccc(Cl)cc3)c(OCC(C)OC(C)(C)O)nn3cnnc23)cc1. The number of aliphatic hydroxyl groups is 1. The summed E-state index contributed by atoms with van der Waals surface area (Å²) < 4.78 is 13.3. The van der Waals surface area contributed by atoms with E-state index in [4.69, 9.17) is 21.1 Å². The van der Waals surface area contributed by atoms with Crippen LogP contribution < -0.4 is 4.74 Å². The molecule has 2 heterocycles. The van der Waals surface area contributed by atoms with Gasteiger partial charge in [0.2, 0.25) is 5.88 Å². The molecule has 0 aliphatic heterocycles. The van der Waals surface area contributed by atoms with Crippen molar-refractivity contribution in [2.24, 2.45) is 0 Å². The molecule has 2 aromatic heterocycles. The zero-order valence-corrected chi connectivity index (χ0v) is 19.2. The van der Waals surface area contributed by atoms with Crippen molar-refractivity contribution >= 4 is 17.2 Å². The zero-order chi connectivity index (χ0) is 22.9. The first-order chi connectivity index (χ1) is 15.2. The van der Waals surface area contributed by atoms with Gasteiger partial charge in [-0.2, -0.15) is 4.52 Å². The van der Waals surface area contributed by atoms with Crippen LogP contribution in [0, 0.1) is 6.92 Å². The highest BCUT2D eigenvalue weighted by Crippen LogP contribution is 2.40. The van der Waals surface area contributed by atoms with E-state index in [1.807, 2.05) is 62.4 Å². The van der Waals surface area contributed by atoms with Gasteiger partial charge in [-0.1, -0.05) is 53.6 Å². The molecule has 0 fully saturated rings. The minimum absolute atomic E-state index is 0.193. The fraction of sp³-hybridized carbons (Fsp3) is 0.292. The summed E-state index contributed by atoms with van der Waals surface area (Å²) in [6, 6.07) is 15.7. The molecular formula is C24H25ClN4O3. The van der Waals surface area contributed by atoms with E-state index in [1.54, 1.807) is 24.7 Å². The smallest absolute Gasteiger partial charge is 0.240 e. The fourth-order valence-corrected chi connectivity index (χ4v) is 3.66. The Morgan fingerprint density at radius 1 is 1.03 bits per heavy atom. The summed E-state index contributed by atoms with van der Waals surface area (Å²) in [4.78, 5) is 0. The van der Waals surface area contributed by atoms with Crippen molar-refractivity contribution in [3.05, 3.63) is 65.4 Å². The molecule has 0 saturated carbocycles. The van der Waals surface area contributed by atoms with Crippen LogP contribution in [0.4, 0.5) is 0 Å². The lowest BCUT2D eigenvalue weighted by atomic mass is 9.96. The molecule has 4 aromatic rings. The third-order valence-corrected chi connectivity index (χ3v) is 5.09. The lowest BCUT2D eigenvalue weighted by molar-refractivity contribution is -0.206. The quantitative estimate of drug-likeness (QED) is 0.400. The highest BCUT2D eigenvalue weighted by molar-refractivity contribution is 6.30. The van der Waals surface area contributed by atoms with Crippen molar-refractivity contribution in [2.45, 2.75) is 39.6 Å². The predicted octanol–water partition coefficient (Wildman–Crippen LogP) is 4.93. The van der Waals surface area contributed by atoms with Crippen LogP contribution in [-0.4, -0.2) is 43.4 Å². The van der Waals surface area contributed by atoms with E-state index in [9.17, 15) is 5.11 Å². The molecular weight excluding hydrogens is 428 g/mol. The van der Waals surface area contributed by atoms with Crippen molar-refractivity contribution in [2.75, 3.05) is 6.61 Å². The number of aromatic nitrogens is 4. The summed E-state index contributed by atoms with van der Waals surface area (Å²) in [7, 11) is 0. The van der Waals surface area contributed by atoms with Crippen LogP contribution in [0.3, 0.4) is 0 Å². The molecule has 2 aromatic carbocycles. The number of aryl methyl sites for hydroxylation is 1. The van der Waals surface area contributed by atoms with E-state index in [2.05, 4.69) is 15.3 Å². The van der Waals surface area contributed by atoms with Gasteiger partial charge in [-0.15, -0.1) is 15.3 Å². The number of benzene rings is 2. The molecule has 4 rings (SSSR count). The summed E-state index contributed by atoms with van der Waals surface area (Å²) in [6.45, 7) is 7.23. The molecule has 0 aliphatic rings. The Labute approximate surface area is 191 Å². The number of hydrogen-bond donors (Lipinski definition) is 1. The zero-order valence-electron chi connectivity index (χ0n) is 18.4. The first-order valence-corrected chi connectivity index (χ1v) is 10.7. The van der Waals surface area contributed by atoms with E-state index in [0.717, 1.165) is 27.8 Å². The van der Waals surface area contributed by atoms with E-state index >= 15 is 0 Å². The number of ether oxygens (including phenoxy) is 2. The Hall–Kier alpha value is -3.00. The second kappa shape index (κ2) is 8.86. The van der Waals surface area contributed by atoms with Gasteiger partial charge >= 0.3 is 0 Å². The summed E-state index contributed by atoms with van der Waals surface area (Å²) in [6.07, 6.45) is 1.18. The highest BCUT2D eigenvalue weighted by Gasteiger charge is 2.23. The Bertz CT molecular complexity index is 1220. The van der Waals surface area contributed by atoms with Gasteiger partial charge in [0.15, 0.2) is 11.4 Å². The average molecular weight is 453 g/mol. The third-order valence-electron chi connectivity index (χ3n) is 4.83. The minimum atomic E-state index is -1.26. The summed E-state index contributed by atoms with van der Waals surface area (Å²) in [5.41, 5.74) is 5.25. The normalized spacial score (nSPS) is 12.8. The van der Waals surface area contributed by atoms with Gasteiger partial charge in [-0.05, 0) is 51.0 Å². The first-order valence-electron chi connectivity index (χ1n) is 10.3. The first kappa shape index (κ1) is 22.2. The van der Waals surface area contributed by atoms with Crippen molar-refractivity contribution in [1.82, 2.24) is 19.8 Å². The van der Waals surface area contributed by atoms with Crippen LogP contribution in [0.1, 0.15) is 26.3 Å². The molecule has 1 N–H and O–H groups in total. The number of fused-ring (bicyclic) bond motifs is 1. The molecule has 7 nitrogen and oxygen atoms in total. The van der Waals surface area contributed by atoms with Gasteiger partial charge < -0.3 is 14.6 Å². The fourth-order valence-electron chi connectivity index (χ4n) is 3.54. The lowest BCUT2D eigenvalue weighted by Gasteiger charge is -2.24. The van der Waals surface area contributed by atoms with Crippen molar-refractivity contribution in [3.63, 3.8) is 0 Å². The predicted molar refractivity (Wildman–Crippen MR) is 124 cm³/mol. The Morgan fingerprint density at radius 2 is 1.66 bits per heavy atom. The van der Waals surface area contributed by atoms with Crippen LogP contribution in [0.5, 0.6) is 5.88 Å². The van der Waals surface area contributed by atoms with Gasteiger partial charge in [0.25, 0.3) is 0 Å². The number of halogens is 1. The largest absolute Gasteiger partial charge is 0.473 e. The molecule has 0 amide bonds. The molecule has 1 atom stereocenters. The maximum Gasteiger partial charge on any atom is 0.240 e. The monoisotopic (exact) mass is 452 g/mol. The van der Waals surface area contributed by atoms with Gasteiger partial charge in [-0.3, -0.25) is 0 Å². The molecule has 166 valence electrons. The molecule has 0 radical (unpaired) electrons. The molecule has 0 saturated heterocycles. The van der Waals surface area contributed by atoms with Crippen LogP contribution in [0.2, 0.25) is 5.02 Å². The molecule has 0 aliphatic carbocycles. The Kier molecular flexibility index (Phi) is 6.15. The van der Waals surface area contributed by atoms with Gasteiger partial charge in [0.05, 0.1) is 11.7 Å². The van der Waals surface area contributed by atoms with E-state index in [0.29, 0.717) is 16.5 Å².